The van der Waals surface area contributed by atoms with Crippen LogP contribution < -0.4 is 15.4 Å². The number of nitrogens with one attached hydrogen (secondary N) is 2. The Morgan fingerprint density at radius 2 is 2.03 bits per heavy atom. The molecule has 0 saturated carbocycles. The molecule has 206 valence electrons. The van der Waals surface area contributed by atoms with Crippen molar-refractivity contribution in [3.05, 3.63) is 47.5 Å². The first-order chi connectivity index (χ1) is 18.6. The highest BCUT2D eigenvalue weighted by Gasteiger charge is 2.38. The topological polar surface area (TPSA) is 132 Å². The molecule has 3 aromatic rings. The van der Waals surface area contributed by atoms with Gasteiger partial charge in [0.05, 0.1) is 12.2 Å². The van der Waals surface area contributed by atoms with Gasteiger partial charge in [-0.1, -0.05) is 18.1 Å². The fourth-order valence-electron chi connectivity index (χ4n) is 5.10. The van der Waals surface area contributed by atoms with Crippen molar-refractivity contribution in [1.29, 1.82) is 0 Å². The van der Waals surface area contributed by atoms with Gasteiger partial charge in [0.25, 0.3) is 5.91 Å². The number of hydrogen-bond acceptors (Lipinski definition) is 8. The number of nitrogens with zero attached hydrogens (tertiary/aromatic N) is 4. The lowest BCUT2D eigenvalue weighted by Crippen LogP contribution is -2.42. The zero-order valence-electron chi connectivity index (χ0n) is 22.9. The van der Waals surface area contributed by atoms with E-state index in [0.29, 0.717) is 60.8 Å². The van der Waals surface area contributed by atoms with Gasteiger partial charge in [0, 0.05) is 43.0 Å². The van der Waals surface area contributed by atoms with E-state index in [4.69, 9.17) is 24.0 Å². The number of carbonyl (C=O) groups is 2. The summed E-state index contributed by atoms with van der Waals surface area (Å²) in [4.78, 5) is 37.9. The van der Waals surface area contributed by atoms with Gasteiger partial charge in [-0.05, 0) is 57.7 Å². The van der Waals surface area contributed by atoms with Crippen molar-refractivity contribution in [1.82, 2.24) is 20.0 Å². The molecular weight excluding hydrogens is 500 g/mol. The molecule has 0 spiro atoms. The lowest BCUT2D eigenvalue weighted by Gasteiger charge is -2.29. The Morgan fingerprint density at radius 1 is 1.21 bits per heavy atom. The van der Waals surface area contributed by atoms with Crippen LogP contribution in [0.3, 0.4) is 0 Å². The number of aryl methyl sites for hydroxylation is 1. The largest absolute Gasteiger partial charge is 0.469 e. The average Bonchev–Trinajstić information content (AvgIpc) is 3.37. The third kappa shape index (κ3) is 5.58. The van der Waals surface area contributed by atoms with Gasteiger partial charge in [-0.3, -0.25) is 10.1 Å². The molecular formula is C28H34N6O5. The maximum absolute atomic E-state index is 13.8. The third-order valence-corrected chi connectivity index (χ3v) is 7.12. The fourth-order valence-corrected chi connectivity index (χ4v) is 5.10. The Balaban J connectivity index is 1.57. The summed E-state index contributed by atoms with van der Waals surface area (Å²) >= 11 is 0. The molecule has 1 saturated heterocycles. The maximum Gasteiger partial charge on any atom is 0.324 e. The highest BCUT2D eigenvalue weighted by atomic mass is 16.5. The van der Waals surface area contributed by atoms with Gasteiger partial charge in [0.2, 0.25) is 5.88 Å². The molecule has 2 aliphatic heterocycles. The molecule has 2 aliphatic rings. The molecule has 2 unspecified atom stereocenters. The minimum Gasteiger partial charge on any atom is -0.469 e. The molecule has 11 nitrogen and oxygen atoms in total. The second kappa shape index (κ2) is 10.6. The molecule has 0 bridgehead atoms. The minimum absolute atomic E-state index is 0.0809. The van der Waals surface area contributed by atoms with E-state index >= 15 is 0 Å². The van der Waals surface area contributed by atoms with Crippen LogP contribution in [-0.2, 0) is 4.74 Å². The zero-order chi connectivity index (χ0) is 27.7. The van der Waals surface area contributed by atoms with Gasteiger partial charge >= 0.3 is 6.03 Å². The Labute approximate surface area is 227 Å². The predicted octanol–water partition coefficient (Wildman–Crippen LogP) is 4.86. The number of hydrogen-bond donors (Lipinski definition) is 2. The van der Waals surface area contributed by atoms with Crippen molar-refractivity contribution in [2.45, 2.75) is 52.6 Å². The van der Waals surface area contributed by atoms with E-state index in [1.807, 2.05) is 39.8 Å². The molecule has 0 radical (unpaired) electrons. The van der Waals surface area contributed by atoms with Crippen molar-refractivity contribution in [3.63, 3.8) is 0 Å². The SMILES string of the molecule is CCN1CC(C)(C)Oc2nc(C3CCOCC3C)nc(-c3ccc(NC(=O)Nc4ccon4)c(C)c3)c2C1=O. The van der Waals surface area contributed by atoms with Crippen LogP contribution >= 0.6 is 0 Å². The van der Waals surface area contributed by atoms with Gasteiger partial charge in [-0.2, -0.15) is 4.98 Å². The molecule has 0 aliphatic carbocycles. The van der Waals surface area contributed by atoms with Crippen LogP contribution in [0.2, 0.25) is 0 Å². The number of ether oxygens (including phenoxy) is 2. The van der Waals surface area contributed by atoms with Crippen molar-refractivity contribution in [2.75, 3.05) is 36.9 Å². The monoisotopic (exact) mass is 534 g/mol. The molecule has 1 fully saturated rings. The summed E-state index contributed by atoms with van der Waals surface area (Å²) < 4.78 is 16.8. The summed E-state index contributed by atoms with van der Waals surface area (Å²) in [5.41, 5.74) is 2.40. The number of rotatable bonds is 5. The standard InChI is InChI=1S/C28H34N6O5/c1-6-34-15-28(4,5)39-25-22(26(34)35)23(31-24(32-25)19-9-11-37-14-17(19)3)18-7-8-20(16(2)13-18)29-27(36)30-21-10-12-38-33-21/h7-8,10,12-13,17,19H,6,9,11,14-15H2,1-5H3,(H2,29,30,33,36). The normalized spacial score (nSPS) is 20.5. The van der Waals surface area contributed by atoms with Gasteiger partial charge in [0.15, 0.2) is 5.82 Å². The van der Waals surface area contributed by atoms with Crippen molar-refractivity contribution in [3.8, 4) is 17.1 Å². The third-order valence-electron chi connectivity index (χ3n) is 7.12. The molecule has 3 amide bonds. The Morgan fingerprint density at radius 3 is 2.72 bits per heavy atom. The van der Waals surface area contributed by atoms with Gasteiger partial charge < -0.3 is 24.2 Å². The minimum atomic E-state index is -0.623. The van der Waals surface area contributed by atoms with Gasteiger partial charge in [-0.15, -0.1) is 0 Å². The molecule has 11 heteroatoms. The number of aromatic nitrogens is 3. The molecule has 2 aromatic heterocycles. The molecule has 39 heavy (non-hydrogen) atoms. The number of fused-ring (bicyclic) bond motifs is 1. The maximum atomic E-state index is 13.8. The van der Waals surface area contributed by atoms with E-state index in [9.17, 15) is 9.59 Å². The van der Waals surface area contributed by atoms with E-state index in [1.54, 1.807) is 17.0 Å². The number of benzene rings is 1. The summed E-state index contributed by atoms with van der Waals surface area (Å²) in [5.74, 6) is 1.42. The van der Waals surface area contributed by atoms with Crippen LogP contribution in [0.5, 0.6) is 5.88 Å². The molecule has 1 aromatic carbocycles. The first kappa shape index (κ1) is 26.6. The Bertz CT molecular complexity index is 1370. The number of amides is 3. The second-order valence-corrected chi connectivity index (χ2v) is 10.7. The van der Waals surface area contributed by atoms with Crippen molar-refractivity contribution >= 4 is 23.4 Å². The zero-order valence-corrected chi connectivity index (χ0v) is 22.9. The molecule has 5 rings (SSSR count). The summed E-state index contributed by atoms with van der Waals surface area (Å²) in [6.07, 6.45) is 2.17. The molecule has 4 heterocycles. The number of likely N-dealkylation sites (N-methyl/N-ethyl adjacent to an activating group) is 1. The Kier molecular flexibility index (Phi) is 7.26. The van der Waals surface area contributed by atoms with Crippen LogP contribution in [0.4, 0.5) is 16.3 Å². The highest BCUT2D eigenvalue weighted by Crippen LogP contribution is 2.39. The number of carbonyl (C=O) groups excluding carboxylic acids is 2. The first-order valence-corrected chi connectivity index (χ1v) is 13.2. The smallest absolute Gasteiger partial charge is 0.324 e. The molecule has 2 N–H and O–H groups in total. The highest BCUT2D eigenvalue weighted by molar-refractivity contribution is 6.03. The number of urea groups is 1. The summed E-state index contributed by atoms with van der Waals surface area (Å²) in [6.45, 7) is 12.1. The van der Waals surface area contributed by atoms with Gasteiger partial charge in [-0.25, -0.2) is 9.78 Å². The van der Waals surface area contributed by atoms with E-state index < -0.39 is 11.6 Å². The number of anilines is 2. The lowest BCUT2D eigenvalue weighted by atomic mass is 9.89. The van der Waals surface area contributed by atoms with E-state index in [-0.39, 0.29) is 17.7 Å². The quantitative estimate of drug-likeness (QED) is 0.475. The molecule has 2 atom stereocenters. The fraction of sp³-hybridized carbons (Fsp3) is 0.464. The van der Waals surface area contributed by atoms with Crippen LogP contribution in [0.15, 0.2) is 35.1 Å². The van der Waals surface area contributed by atoms with Crippen molar-refractivity contribution < 1.29 is 23.6 Å². The average molecular weight is 535 g/mol. The van der Waals surface area contributed by atoms with Crippen LogP contribution in [0, 0.1) is 12.8 Å². The first-order valence-electron chi connectivity index (χ1n) is 13.2. The van der Waals surface area contributed by atoms with E-state index in [0.717, 1.165) is 17.5 Å². The van der Waals surface area contributed by atoms with Crippen molar-refractivity contribution in [2.24, 2.45) is 5.92 Å². The van der Waals surface area contributed by atoms with E-state index in [2.05, 4.69) is 22.7 Å². The van der Waals surface area contributed by atoms with Gasteiger partial charge in [0.1, 0.15) is 23.3 Å². The predicted molar refractivity (Wildman–Crippen MR) is 145 cm³/mol. The van der Waals surface area contributed by atoms with Crippen LogP contribution in [0.1, 0.15) is 61.8 Å². The summed E-state index contributed by atoms with van der Waals surface area (Å²) in [7, 11) is 0. The lowest BCUT2D eigenvalue weighted by molar-refractivity contribution is 0.0439. The summed E-state index contributed by atoms with van der Waals surface area (Å²) in [5, 5.41) is 9.13. The second-order valence-electron chi connectivity index (χ2n) is 10.7. The Hall–Kier alpha value is -3.99. The van der Waals surface area contributed by atoms with Crippen LogP contribution in [0.25, 0.3) is 11.3 Å². The van der Waals surface area contributed by atoms with Crippen LogP contribution in [-0.4, -0.2) is 63.9 Å². The summed E-state index contributed by atoms with van der Waals surface area (Å²) in [6, 6.07) is 6.65. The van der Waals surface area contributed by atoms with E-state index in [1.165, 1.54) is 6.26 Å².